The Morgan fingerprint density at radius 2 is 1.95 bits per heavy atom. The van der Waals surface area contributed by atoms with Crippen molar-refractivity contribution in [3.8, 4) is 0 Å². The number of nitrogens with one attached hydrogen (secondary N) is 1. The van der Waals surface area contributed by atoms with Gasteiger partial charge in [0.1, 0.15) is 0 Å². The zero-order valence-electron chi connectivity index (χ0n) is 11.6. The van der Waals surface area contributed by atoms with Gasteiger partial charge in [0.15, 0.2) is 5.16 Å². The summed E-state index contributed by atoms with van der Waals surface area (Å²) in [6, 6.07) is 11.0. The first-order valence-corrected chi connectivity index (χ1v) is 7.95. The molecule has 0 amide bonds. The van der Waals surface area contributed by atoms with Crippen molar-refractivity contribution in [3.05, 3.63) is 53.9 Å². The van der Waals surface area contributed by atoms with Crippen molar-refractivity contribution in [1.29, 1.82) is 0 Å². The summed E-state index contributed by atoms with van der Waals surface area (Å²) in [6.07, 6.45) is 7.20. The van der Waals surface area contributed by atoms with E-state index in [4.69, 9.17) is 0 Å². The highest BCUT2D eigenvalue weighted by molar-refractivity contribution is 7.99. The molecular formula is C16H19N3S. The quantitative estimate of drug-likeness (QED) is 0.694. The zero-order valence-corrected chi connectivity index (χ0v) is 12.4. The van der Waals surface area contributed by atoms with Crippen molar-refractivity contribution in [2.24, 2.45) is 0 Å². The van der Waals surface area contributed by atoms with Gasteiger partial charge < -0.3 is 5.32 Å². The monoisotopic (exact) mass is 285 g/mol. The SMILES string of the molecule is CNC1c2ccccc2CCCC1Sc1ncccn1. The fourth-order valence-electron chi connectivity index (χ4n) is 2.88. The summed E-state index contributed by atoms with van der Waals surface area (Å²) in [5, 5.41) is 4.84. The average molecular weight is 285 g/mol. The van der Waals surface area contributed by atoms with Gasteiger partial charge in [-0.25, -0.2) is 9.97 Å². The molecule has 0 aliphatic heterocycles. The minimum Gasteiger partial charge on any atom is -0.312 e. The van der Waals surface area contributed by atoms with Gasteiger partial charge in [-0.15, -0.1) is 0 Å². The Labute approximate surface area is 124 Å². The third-order valence-electron chi connectivity index (χ3n) is 3.81. The Balaban J connectivity index is 1.88. The molecule has 1 aliphatic rings. The Morgan fingerprint density at radius 1 is 1.15 bits per heavy atom. The van der Waals surface area contributed by atoms with Crippen molar-refractivity contribution in [1.82, 2.24) is 15.3 Å². The van der Waals surface area contributed by atoms with Crippen LogP contribution in [0.3, 0.4) is 0 Å². The van der Waals surface area contributed by atoms with E-state index in [1.165, 1.54) is 30.4 Å². The number of nitrogens with zero attached hydrogens (tertiary/aromatic N) is 2. The summed E-state index contributed by atoms with van der Waals surface area (Å²) in [5.41, 5.74) is 2.91. The van der Waals surface area contributed by atoms with Gasteiger partial charge in [0.25, 0.3) is 0 Å². The van der Waals surface area contributed by atoms with Crippen LogP contribution in [0.2, 0.25) is 0 Å². The molecule has 2 aromatic rings. The molecule has 0 spiro atoms. The molecule has 2 unspecified atom stereocenters. The molecule has 1 N–H and O–H groups in total. The summed E-state index contributed by atoms with van der Waals surface area (Å²) >= 11 is 1.79. The fourth-order valence-corrected chi connectivity index (χ4v) is 4.09. The number of hydrogen-bond acceptors (Lipinski definition) is 4. The maximum atomic E-state index is 4.35. The lowest BCUT2D eigenvalue weighted by Gasteiger charge is -2.25. The summed E-state index contributed by atoms with van der Waals surface area (Å²) in [5.74, 6) is 0. The molecule has 104 valence electrons. The van der Waals surface area contributed by atoms with Gasteiger partial charge in [-0.05, 0) is 43.5 Å². The minimum atomic E-state index is 0.363. The molecule has 4 heteroatoms. The Bertz CT molecular complexity index is 559. The van der Waals surface area contributed by atoms with Crippen LogP contribution < -0.4 is 5.32 Å². The van der Waals surface area contributed by atoms with Crippen LogP contribution in [0.1, 0.15) is 30.0 Å². The van der Waals surface area contributed by atoms with Crippen LogP contribution in [0.4, 0.5) is 0 Å². The molecule has 1 aromatic carbocycles. The van der Waals surface area contributed by atoms with Gasteiger partial charge in [-0.3, -0.25) is 0 Å². The molecule has 2 atom stereocenters. The number of aromatic nitrogens is 2. The molecule has 3 rings (SSSR count). The van der Waals surface area contributed by atoms with Crippen LogP contribution in [0, 0.1) is 0 Å². The van der Waals surface area contributed by atoms with E-state index in [0.29, 0.717) is 11.3 Å². The average Bonchev–Trinajstić information content (AvgIpc) is 2.67. The lowest BCUT2D eigenvalue weighted by atomic mass is 9.99. The number of rotatable bonds is 3. The molecule has 1 heterocycles. The summed E-state index contributed by atoms with van der Waals surface area (Å²) in [4.78, 5) is 8.70. The number of aryl methyl sites for hydroxylation is 1. The van der Waals surface area contributed by atoms with Gasteiger partial charge in [0.2, 0.25) is 0 Å². The molecular weight excluding hydrogens is 266 g/mol. The highest BCUT2D eigenvalue weighted by atomic mass is 32.2. The van der Waals surface area contributed by atoms with E-state index in [1.807, 2.05) is 25.5 Å². The molecule has 1 aromatic heterocycles. The Morgan fingerprint density at radius 3 is 2.75 bits per heavy atom. The second-order valence-corrected chi connectivity index (χ2v) is 6.25. The Kier molecular flexibility index (Phi) is 4.33. The molecule has 20 heavy (non-hydrogen) atoms. The van der Waals surface area contributed by atoms with Crippen molar-refractivity contribution in [3.63, 3.8) is 0 Å². The van der Waals surface area contributed by atoms with Gasteiger partial charge in [-0.1, -0.05) is 36.0 Å². The molecule has 3 nitrogen and oxygen atoms in total. The van der Waals surface area contributed by atoms with E-state index >= 15 is 0 Å². The van der Waals surface area contributed by atoms with Crippen LogP contribution in [-0.2, 0) is 6.42 Å². The van der Waals surface area contributed by atoms with Crippen LogP contribution in [0.25, 0.3) is 0 Å². The third-order valence-corrected chi connectivity index (χ3v) is 5.04. The van der Waals surface area contributed by atoms with E-state index in [9.17, 15) is 0 Å². The number of fused-ring (bicyclic) bond motifs is 1. The molecule has 0 saturated carbocycles. The lowest BCUT2D eigenvalue weighted by molar-refractivity contribution is 0.547. The number of thioether (sulfide) groups is 1. The van der Waals surface area contributed by atoms with Crippen molar-refractivity contribution >= 4 is 11.8 Å². The van der Waals surface area contributed by atoms with Gasteiger partial charge in [0.05, 0.1) is 0 Å². The zero-order chi connectivity index (χ0) is 13.8. The predicted octanol–water partition coefficient (Wildman–Crippen LogP) is 3.23. The van der Waals surface area contributed by atoms with Crippen LogP contribution in [0.15, 0.2) is 47.9 Å². The van der Waals surface area contributed by atoms with Crippen LogP contribution >= 0.6 is 11.8 Å². The van der Waals surface area contributed by atoms with E-state index in [1.54, 1.807) is 11.8 Å². The highest BCUT2D eigenvalue weighted by Gasteiger charge is 2.27. The standard InChI is InChI=1S/C16H19N3S/c1-17-15-13-8-3-2-6-12(13)7-4-9-14(15)20-16-18-10-5-11-19-16/h2-3,5-6,8,10-11,14-15,17H,4,7,9H2,1H3. The fraction of sp³-hybridized carbons (Fsp3) is 0.375. The summed E-state index contributed by atoms with van der Waals surface area (Å²) in [7, 11) is 2.05. The molecule has 0 bridgehead atoms. The second-order valence-electron chi connectivity index (χ2n) is 5.05. The van der Waals surface area contributed by atoms with E-state index in [2.05, 4.69) is 39.6 Å². The molecule has 0 radical (unpaired) electrons. The predicted molar refractivity (Wildman–Crippen MR) is 82.9 cm³/mol. The second kappa shape index (κ2) is 6.37. The van der Waals surface area contributed by atoms with Gasteiger partial charge >= 0.3 is 0 Å². The van der Waals surface area contributed by atoms with Gasteiger partial charge in [0, 0.05) is 23.7 Å². The van der Waals surface area contributed by atoms with E-state index in [0.717, 1.165) is 5.16 Å². The molecule has 0 saturated heterocycles. The first-order chi connectivity index (χ1) is 9.88. The Hall–Kier alpha value is -1.39. The van der Waals surface area contributed by atoms with Gasteiger partial charge in [-0.2, -0.15) is 0 Å². The first-order valence-electron chi connectivity index (χ1n) is 7.07. The lowest BCUT2D eigenvalue weighted by Crippen LogP contribution is -2.27. The normalized spacial score (nSPS) is 22.1. The smallest absolute Gasteiger partial charge is 0.187 e. The first kappa shape index (κ1) is 13.6. The minimum absolute atomic E-state index is 0.363. The van der Waals surface area contributed by atoms with Crippen LogP contribution in [-0.4, -0.2) is 22.3 Å². The van der Waals surface area contributed by atoms with Crippen molar-refractivity contribution in [2.45, 2.75) is 35.7 Å². The maximum Gasteiger partial charge on any atom is 0.187 e. The number of benzene rings is 1. The molecule has 1 aliphatic carbocycles. The summed E-state index contributed by atoms with van der Waals surface area (Å²) in [6.45, 7) is 0. The van der Waals surface area contributed by atoms with E-state index in [-0.39, 0.29) is 0 Å². The third kappa shape index (κ3) is 2.86. The largest absolute Gasteiger partial charge is 0.312 e. The summed E-state index contributed by atoms with van der Waals surface area (Å²) < 4.78 is 0. The highest BCUT2D eigenvalue weighted by Crippen LogP contribution is 2.37. The van der Waals surface area contributed by atoms with Crippen molar-refractivity contribution in [2.75, 3.05) is 7.05 Å². The van der Waals surface area contributed by atoms with Crippen molar-refractivity contribution < 1.29 is 0 Å². The van der Waals surface area contributed by atoms with Crippen LogP contribution in [0.5, 0.6) is 0 Å². The molecule has 0 fully saturated rings. The number of hydrogen-bond donors (Lipinski definition) is 1. The van der Waals surface area contributed by atoms with E-state index < -0.39 is 0 Å². The maximum absolute atomic E-state index is 4.35. The topological polar surface area (TPSA) is 37.8 Å².